The van der Waals surface area contributed by atoms with Gasteiger partial charge in [0.25, 0.3) is 0 Å². The number of aryl methyl sites for hydroxylation is 1. The number of carbonyl (C=O) groups excluding carboxylic acids is 2. The van der Waals surface area contributed by atoms with E-state index in [1.54, 1.807) is 6.92 Å². The van der Waals surface area contributed by atoms with Crippen LogP contribution in [-0.2, 0) is 36.7 Å². The van der Waals surface area contributed by atoms with E-state index < -0.39 is 5.97 Å². The first-order chi connectivity index (χ1) is 11.9. The Kier molecular flexibility index (Phi) is 5.75. The van der Waals surface area contributed by atoms with Gasteiger partial charge in [-0.3, -0.25) is 14.4 Å². The third-order valence-electron chi connectivity index (χ3n) is 4.13. The van der Waals surface area contributed by atoms with Crippen molar-refractivity contribution < 1.29 is 29.0 Å². The molecule has 25 heavy (non-hydrogen) atoms. The molecule has 0 saturated heterocycles. The zero-order valence-electron chi connectivity index (χ0n) is 14.4. The molecule has 132 valence electrons. The van der Waals surface area contributed by atoms with Gasteiger partial charge >= 0.3 is 5.97 Å². The van der Waals surface area contributed by atoms with Crippen LogP contribution in [0.25, 0.3) is 0 Å². The molecular weight excluding hydrogens is 324 g/mol. The lowest BCUT2D eigenvalue weighted by Gasteiger charge is -2.20. The van der Waals surface area contributed by atoms with E-state index in [9.17, 15) is 14.4 Å². The van der Waals surface area contributed by atoms with E-state index in [0.29, 0.717) is 24.0 Å². The Bertz CT molecular complexity index is 768. The van der Waals surface area contributed by atoms with Gasteiger partial charge in [0.1, 0.15) is 0 Å². The molecule has 1 aliphatic rings. The van der Waals surface area contributed by atoms with Gasteiger partial charge in [-0.25, -0.2) is 0 Å². The van der Waals surface area contributed by atoms with Crippen LogP contribution in [-0.4, -0.2) is 36.9 Å². The molecule has 1 aliphatic carbocycles. The molecule has 0 spiro atoms. The summed E-state index contributed by atoms with van der Waals surface area (Å²) in [6, 6.07) is 7.32. The number of Topliss-reactive ketones (excluding diaryl/α,β-unsaturated/α-hetero) is 2. The van der Waals surface area contributed by atoms with Crippen LogP contribution >= 0.6 is 0 Å². The number of ketones is 2. The Morgan fingerprint density at radius 3 is 2.00 bits per heavy atom. The Morgan fingerprint density at radius 1 is 0.960 bits per heavy atom. The first-order valence-electron chi connectivity index (χ1n) is 7.80. The minimum Gasteiger partial charge on any atom is -0.489 e. The van der Waals surface area contributed by atoms with E-state index in [1.807, 2.05) is 24.3 Å². The van der Waals surface area contributed by atoms with Crippen LogP contribution in [0, 0.1) is 0 Å². The summed E-state index contributed by atoms with van der Waals surface area (Å²) in [6.07, 6.45) is 0.806. The molecule has 0 aromatic heterocycles. The number of hydrogen-bond acceptors (Lipinski definition) is 5. The van der Waals surface area contributed by atoms with E-state index in [4.69, 9.17) is 14.6 Å². The molecule has 1 aromatic carbocycles. The largest absolute Gasteiger partial charge is 0.489 e. The van der Waals surface area contributed by atoms with Gasteiger partial charge in [0.2, 0.25) is 23.1 Å². The van der Waals surface area contributed by atoms with Gasteiger partial charge in [0.05, 0.1) is 14.2 Å². The average Bonchev–Trinajstić information content (AvgIpc) is 2.60. The molecule has 0 aliphatic heterocycles. The zero-order valence-corrected chi connectivity index (χ0v) is 14.4. The number of hydrogen-bond donors (Lipinski definition) is 1. The molecule has 2 rings (SSSR count). The Morgan fingerprint density at radius 2 is 1.48 bits per heavy atom. The highest BCUT2D eigenvalue weighted by molar-refractivity contribution is 6.23. The smallest absolute Gasteiger partial charge is 0.303 e. The molecule has 0 unspecified atom stereocenters. The fraction of sp³-hybridized carbons (Fsp3) is 0.316. The molecular formula is C19H20O6. The molecule has 0 saturated carbocycles. The fourth-order valence-corrected chi connectivity index (χ4v) is 2.68. The fourth-order valence-electron chi connectivity index (χ4n) is 2.68. The lowest BCUT2D eigenvalue weighted by atomic mass is 9.88. The predicted octanol–water partition coefficient (Wildman–Crippen LogP) is 2.22. The summed E-state index contributed by atoms with van der Waals surface area (Å²) >= 11 is 0. The van der Waals surface area contributed by atoms with Gasteiger partial charge < -0.3 is 14.6 Å². The summed E-state index contributed by atoms with van der Waals surface area (Å²) in [4.78, 5) is 35.6. The van der Waals surface area contributed by atoms with Crippen LogP contribution in [0.4, 0.5) is 0 Å². The highest BCUT2D eigenvalue weighted by Crippen LogP contribution is 2.28. The number of methoxy groups -OCH3 is 2. The van der Waals surface area contributed by atoms with Crippen molar-refractivity contribution >= 4 is 17.5 Å². The summed E-state index contributed by atoms with van der Waals surface area (Å²) in [6.45, 7) is 1.60. The quantitative estimate of drug-likeness (QED) is 0.763. The van der Waals surface area contributed by atoms with Crippen molar-refractivity contribution in [3.05, 3.63) is 58.1 Å². The number of rotatable bonds is 7. The summed E-state index contributed by atoms with van der Waals surface area (Å²) in [7, 11) is 2.66. The van der Waals surface area contributed by atoms with Crippen LogP contribution in [0.15, 0.2) is 46.9 Å². The minimum atomic E-state index is -0.844. The number of allylic oxidation sites excluding steroid dienone is 2. The number of benzene rings is 1. The number of aliphatic carboxylic acids is 1. The average molecular weight is 344 g/mol. The standard InChI is InChI=1S/C19H20O6/c1-11-14(17(23)19(25-3)18(24-2)16(11)22)10-13-6-4-12(5-7-13)8-9-15(20)21/h4-7H,8-10H2,1-3H3,(H,20,21). The van der Waals surface area contributed by atoms with Crippen molar-refractivity contribution in [1.82, 2.24) is 0 Å². The van der Waals surface area contributed by atoms with Crippen LogP contribution < -0.4 is 0 Å². The van der Waals surface area contributed by atoms with Gasteiger partial charge in [-0.2, -0.15) is 0 Å². The monoisotopic (exact) mass is 344 g/mol. The lowest BCUT2D eigenvalue weighted by Crippen LogP contribution is -2.26. The first kappa shape index (κ1) is 18.4. The topological polar surface area (TPSA) is 89.9 Å². The van der Waals surface area contributed by atoms with E-state index in [2.05, 4.69) is 0 Å². The van der Waals surface area contributed by atoms with Crippen molar-refractivity contribution in [2.75, 3.05) is 14.2 Å². The van der Waals surface area contributed by atoms with E-state index in [0.717, 1.165) is 11.1 Å². The Hall–Kier alpha value is -2.89. The second kappa shape index (κ2) is 7.79. The summed E-state index contributed by atoms with van der Waals surface area (Å²) in [5.74, 6) is -1.70. The van der Waals surface area contributed by atoms with E-state index in [1.165, 1.54) is 14.2 Å². The van der Waals surface area contributed by atoms with Gasteiger partial charge in [-0.05, 0) is 24.5 Å². The SMILES string of the molecule is COC1=C(OC)C(=O)C(Cc2ccc(CCC(=O)O)cc2)=C(C)C1=O. The molecule has 0 amide bonds. The maximum atomic E-state index is 12.6. The molecule has 6 nitrogen and oxygen atoms in total. The Labute approximate surface area is 145 Å². The highest BCUT2D eigenvalue weighted by Gasteiger charge is 2.34. The van der Waals surface area contributed by atoms with Crippen LogP contribution in [0.5, 0.6) is 0 Å². The second-order valence-corrected chi connectivity index (χ2v) is 5.72. The maximum Gasteiger partial charge on any atom is 0.303 e. The van der Waals surface area contributed by atoms with Gasteiger partial charge in [0, 0.05) is 24.0 Å². The molecule has 0 radical (unpaired) electrons. The predicted molar refractivity (Wildman–Crippen MR) is 89.9 cm³/mol. The van der Waals surface area contributed by atoms with Crippen molar-refractivity contribution in [2.45, 2.75) is 26.2 Å². The molecule has 0 bridgehead atoms. The summed E-state index contributed by atoms with van der Waals surface area (Å²) in [5, 5.41) is 8.72. The molecule has 1 N–H and O–H groups in total. The number of ether oxygens (including phenoxy) is 2. The zero-order chi connectivity index (χ0) is 18.6. The molecule has 0 atom stereocenters. The van der Waals surface area contributed by atoms with Crippen molar-refractivity contribution in [3.63, 3.8) is 0 Å². The van der Waals surface area contributed by atoms with Crippen molar-refractivity contribution in [1.29, 1.82) is 0 Å². The third-order valence-corrected chi connectivity index (χ3v) is 4.13. The number of carbonyl (C=O) groups is 3. The molecule has 6 heteroatoms. The molecule has 0 heterocycles. The second-order valence-electron chi connectivity index (χ2n) is 5.72. The normalized spacial score (nSPS) is 14.8. The van der Waals surface area contributed by atoms with Crippen LogP contribution in [0.3, 0.4) is 0 Å². The van der Waals surface area contributed by atoms with Gasteiger partial charge in [-0.15, -0.1) is 0 Å². The summed E-state index contributed by atoms with van der Waals surface area (Å²) in [5.41, 5.74) is 2.48. The highest BCUT2D eigenvalue weighted by atomic mass is 16.5. The summed E-state index contributed by atoms with van der Waals surface area (Å²) < 4.78 is 10.1. The molecule has 0 fully saturated rings. The van der Waals surface area contributed by atoms with Crippen LogP contribution in [0.1, 0.15) is 24.5 Å². The van der Waals surface area contributed by atoms with Crippen molar-refractivity contribution in [3.8, 4) is 0 Å². The maximum absolute atomic E-state index is 12.6. The van der Waals surface area contributed by atoms with Crippen molar-refractivity contribution in [2.24, 2.45) is 0 Å². The third kappa shape index (κ3) is 3.96. The Balaban J connectivity index is 2.22. The van der Waals surface area contributed by atoms with Gasteiger partial charge in [-0.1, -0.05) is 24.3 Å². The molecule has 1 aromatic rings. The minimum absolute atomic E-state index is 0.0678. The van der Waals surface area contributed by atoms with E-state index in [-0.39, 0.29) is 29.5 Å². The number of carboxylic acids is 1. The number of carboxylic acid groups (broad SMARTS) is 1. The van der Waals surface area contributed by atoms with Gasteiger partial charge in [0.15, 0.2) is 0 Å². The van der Waals surface area contributed by atoms with E-state index >= 15 is 0 Å². The van der Waals surface area contributed by atoms with Crippen LogP contribution in [0.2, 0.25) is 0 Å². The lowest BCUT2D eigenvalue weighted by molar-refractivity contribution is -0.137. The first-order valence-corrected chi connectivity index (χ1v) is 7.80.